The molecule has 0 saturated heterocycles. The predicted molar refractivity (Wildman–Crippen MR) is 103 cm³/mol. The molecule has 0 aliphatic carbocycles. The van der Waals surface area contributed by atoms with Gasteiger partial charge in [-0.25, -0.2) is 4.39 Å². The summed E-state index contributed by atoms with van der Waals surface area (Å²) in [6.45, 7) is 4.38. The summed E-state index contributed by atoms with van der Waals surface area (Å²) in [7, 11) is 1.45. The van der Waals surface area contributed by atoms with E-state index in [1.807, 2.05) is 34.9 Å². The minimum Gasteiger partial charge on any atom is -0.494 e. The van der Waals surface area contributed by atoms with E-state index < -0.39 is 0 Å². The monoisotopic (exact) mass is 389 g/mol. The third kappa shape index (κ3) is 4.08. The topological polar surface area (TPSA) is 39.9 Å². The van der Waals surface area contributed by atoms with E-state index in [9.17, 15) is 4.39 Å². The Hall–Kier alpha value is -2.31. The van der Waals surface area contributed by atoms with Crippen molar-refractivity contribution in [2.45, 2.75) is 17.5 Å². The molecule has 3 rings (SSSR count). The van der Waals surface area contributed by atoms with Crippen molar-refractivity contribution in [2.24, 2.45) is 0 Å². The highest BCUT2D eigenvalue weighted by molar-refractivity contribution is 7.98. The lowest BCUT2D eigenvalue weighted by molar-refractivity contribution is 0.386. The smallest absolute Gasteiger partial charge is 0.192 e. The van der Waals surface area contributed by atoms with E-state index in [0.717, 1.165) is 22.1 Å². The molecular formula is C19H17ClFN3OS. The lowest BCUT2D eigenvalue weighted by Crippen LogP contribution is -2.00. The first kappa shape index (κ1) is 18.5. The van der Waals surface area contributed by atoms with Crippen molar-refractivity contribution in [3.8, 4) is 17.1 Å². The van der Waals surface area contributed by atoms with E-state index in [4.69, 9.17) is 16.3 Å². The van der Waals surface area contributed by atoms with Crippen molar-refractivity contribution in [3.05, 3.63) is 71.5 Å². The second-order valence-electron chi connectivity index (χ2n) is 5.47. The molecule has 3 aromatic rings. The Morgan fingerprint density at radius 2 is 2.00 bits per heavy atom. The Kier molecular flexibility index (Phi) is 5.96. The van der Waals surface area contributed by atoms with Crippen LogP contribution in [0.25, 0.3) is 11.4 Å². The minimum absolute atomic E-state index is 0.235. The number of nitrogens with zero attached hydrogens (tertiary/aromatic N) is 3. The molecule has 1 heterocycles. The molecule has 0 fully saturated rings. The van der Waals surface area contributed by atoms with Crippen LogP contribution >= 0.6 is 23.4 Å². The Morgan fingerprint density at radius 3 is 2.65 bits per heavy atom. The van der Waals surface area contributed by atoms with Crippen molar-refractivity contribution in [2.75, 3.05) is 7.11 Å². The molecule has 0 radical (unpaired) electrons. The molecular weight excluding hydrogens is 373 g/mol. The van der Waals surface area contributed by atoms with Crippen LogP contribution in [-0.4, -0.2) is 21.9 Å². The second kappa shape index (κ2) is 8.38. The van der Waals surface area contributed by atoms with Gasteiger partial charge in [0.1, 0.15) is 0 Å². The first-order chi connectivity index (χ1) is 12.6. The maximum absolute atomic E-state index is 13.8. The number of hydrogen-bond acceptors (Lipinski definition) is 4. The summed E-state index contributed by atoms with van der Waals surface area (Å²) < 4.78 is 20.8. The Labute approximate surface area is 160 Å². The highest BCUT2D eigenvalue weighted by Gasteiger charge is 2.14. The van der Waals surface area contributed by atoms with Crippen molar-refractivity contribution in [1.29, 1.82) is 0 Å². The van der Waals surface area contributed by atoms with Crippen LogP contribution in [0.2, 0.25) is 5.02 Å². The average molecular weight is 390 g/mol. The van der Waals surface area contributed by atoms with Gasteiger partial charge in [-0.15, -0.1) is 16.8 Å². The number of hydrogen-bond donors (Lipinski definition) is 0. The van der Waals surface area contributed by atoms with Gasteiger partial charge in [-0.3, -0.25) is 4.57 Å². The summed E-state index contributed by atoms with van der Waals surface area (Å²) in [6, 6.07) is 12.4. The fourth-order valence-corrected chi connectivity index (χ4v) is 3.47. The third-order valence-corrected chi connectivity index (χ3v) is 5.00. The van der Waals surface area contributed by atoms with E-state index >= 15 is 0 Å². The van der Waals surface area contributed by atoms with Gasteiger partial charge in [0.05, 0.1) is 7.11 Å². The lowest BCUT2D eigenvalue weighted by Gasteiger charge is -2.08. The number of halogens is 2. The van der Waals surface area contributed by atoms with Crippen molar-refractivity contribution < 1.29 is 9.13 Å². The Balaban J connectivity index is 1.82. The standard InChI is InChI=1S/C19H17ClFN3OS/c1-3-10-24-18(14-5-7-15(20)8-6-14)22-23-19(24)26-12-13-4-9-17(25-2)16(21)11-13/h3-9,11H,1,10,12H2,2H3. The summed E-state index contributed by atoms with van der Waals surface area (Å²) in [4.78, 5) is 0. The molecule has 0 amide bonds. The number of aromatic nitrogens is 3. The first-order valence-corrected chi connectivity index (χ1v) is 9.24. The summed E-state index contributed by atoms with van der Waals surface area (Å²) in [5, 5.41) is 9.99. The van der Waals surface area contributed by atoms with Crippen LogP contribution < -0.4 is 4.74 Å². The number of methoxy groups -OCH3 is 1. The molecule has 0 N–H and O–H groups in total. The molecule has 26 heavy (non-hydrogen) atoms. The van der Waals surface area contributed by atoms with Crippen molar-refractivity contribution in [1.82, 2.24) is 14.8 Å². The van der Waals surface area contributed by atoms with Crippen LogP contribution in [0.4, 0.5) is 4.39 Å². The number of rotatable bonds is 7. The molecule has 0 unspecified atom stereocenters. The largest absolute Gasteiger partial charge is 0.494 e. The van der Waals surface area contributed by atoms with Gasteiger partial charge in [-0.1, -0.05) is 35.5 Å². The van der Waals surface area contributed by atoms with E-state index in [0.29, 0.717) is 17.3 Å². The molecule has 0 saturated carbocycles. The molecule has 0 aliphatic heterocycles. The third-order valence-electron chi connectivity index (χ3n) is 3.72. The SMILES string of the molecule is C=CCn1c(SCc2ccc(OC)c(F)c2)nnc1-c1ccc(Cl)cc1. The average Bonchev–Trinajstić information content (AvgIpc) is 3.04. The molecule has 0 aliphatic rings. The van der Waals surface area contributed by atoms with E-state index in [1.165, 1.54) is 24.9 Å². The number of thioether (sulfide) groups is 1. The predicted octanol–water partition coefficient (Wildman–Crippen LogP) is 5.22. The summed E-state index contributed by atoms with van der Waals surface area (Å²) >= 11 is 7.44. The van der Waals surface area contributed by atoms with E-state index in [2.05, 4.69) is 16.8 Å². The number of allylic oxidation sites excluding steroid dienone is 1. The zero-order chi connectivity index (χ0) is 18.5. The van der Waals surface area contributed by atoms with Crippen LogP contribution in [0.3, 0.4) is 0 Å². The maximum Gasteiger partial charge on any atom is 0.192 e. The highest BCUT2D eigenvalue weighted by Crippen LogP contribution is 2.28. The molecule has 0 atom stereocenters. The molecule has 2 aromatic carbocycles. The zero-order valence-corrected chi connectivity index (χ0v) is 15.7. The summed E-state index contributed by atoms with van der Waals surface area (Å²) in [6.07, 6.45) is 1.79. The molecule has 1 aromatic heterocycles. The zero-order valence-electron chi connectivity index (χ0n) is 14.2. The molecule has 4 nitrogen and oxygen atoms in total. The van der Waals surface area contributed by atoms with Crippen LogP contribution in [0, 0.1) is 5.82 Å². The lowest BCUT2D eigenvalue weighted by atomic mass is 10.2. The van der Waals surface area contributed by atoms with Gasteiger partial charge >= 0.3 is 0 Å². The van der Waals surface area contributed by atoms with Crippen molar-refractivity contribution in [3.63, 3.8) is 0 Å². The molecule has 0 bridgehead atoms. The van der Waals surface area contributed by atoms with Gasteiger partial charge in [0, 0.05) is 22.9 Å². The fourth-order valence-electron chi connectivity index (χ4n) is 2.45. The van der Waals surface area contributed by atoms with E-state index in [1.54, 1.807) is 12.1 Å². The Bertz CT molecular complexity index is 912. The van der Waals surface area contributed by atoms with Gasteiger partial charge in [0.15, 0.2) is 22.5 Å². The number of ether oxygens (including phenoxy) is 1. The van der Waals surface area contributed by atoms with Gasteiger partial charge in [-0.2, -0.15) is 0 Å². The quantitative estimate of drug-likeness (QED) is 0.410. The first-order valence-electron chi connectivity index (χ1n) is 7.87. The van der Waals surface area contributed by atoms with Crippen molar-refractivity contribution >= 4 is 23.4 Å². The van der Waals surface area contributed by atoms with Gasteiger partial charge in [0.25, 0.3) is 0 Å². The molecule has 7 heteroatoms. The fraction of sp³-hybridized carbons (Fsp3) is 0.158. The normalized spacial score (nSPS) is 10.7. The maximum atomic E-state index is 13.8. The van der Waals surface area contributed by atoms with Crippen LogP contribution in [-0.2, 0) is 12.3 Å². The minimum atomic E-state index is -0.375. The van der Waals surface area contributed by atoms with E-state index in [-0.39, 0.29) is 11.6 Å². The molecule has 0 spiro atoms. The van der Waals surface area contributed by atoms with Gasteiger partial charge in [0.2, 0.25) is 0 Å². The van der Waals surface area contributed by atoms with Crippen LogP contribution in [0.1, 0.15) is 5.56 Å². The molecule has 134 valence electrons. The Morgan fingerprint density at radius 1 is 1.23 bits per heavy atom. The van der Waals surface area contributed by atoms with Crippen LogP contribution in [0.5, 0.6) is 5.75 Å². The summed E-state index contributed by atoms with van der Waals surface area (Å²) in [5.74, 6) is 1.17. The second-order valence-corrected chi connectivity index (χ2v) is 6.85. The van der Waals surface area contributed by atoms with Gasteiger partial charge < -0.3 is 4.74 Å². The summed E-state index contributed by atoms with van der Waals surface area (Å²) in [5.41, 5.74) is 1.76. The highest BCUT2D eigenvalue weighted by atomic mass is 35.5. The number of benzene rings is 2. The van der Waals surface area contributed by atoms with Crippen LogP contribution in [0.15, 0.2) is 60.3 Å². The van der Waals surface area contributed by atoms with Gasteiger partial charge in [-0.05, 0) is 42.0 Å².